The first-order valence-corrected chi connectivity index (χ1v) is 13.0. The lowest BCUT2D eigenvalue weighted by Crippen LogP contribution is -2.70. The number of pyridine rings is 1. The first-order chi connectivity index (χ1) is 16.3. The number of aromatic nitrogens is 1. The van der Waals surface area contributed by atoms with E-state index >= 15 is 0 Å². The van der Waals surface area contributed by atoms with Crippen LogP contribution in [0.15, 0.2) is 58.9 Å². The van der Waals surface area contributed by atoms with Crippen LogP contribution in [0, 0.1) is 0 Å². The van der Waals surface area contributed by atoms with E-state index in [1.807, 2.05) is 29.1 Å². The number of nitrogens with two attached hydrogens (primary N) is 1. The molecule has 2 atom stereocenters. The van der Waals surface area contributed by atoms with Crippen LogP contribution in [0.1, 0.15) is 5.56 Å². The van der Waals surface area contributed by atoms with Crippen molar-refractivity contribution in [2.45, 2.75) is 29.4 Å². The Hall–Kier alpha value is -2.24. The van der Waals surface area contributed by atoms with E-state index in [0.29, 0.717) is 39.4 Å². The molecule has 12 heteroatoms. The average Bonchev–Trinajstić information content (AvgIpc) is 2.83. The number of thioether (sulfide) groups is 2. The van der Waals surface area contributed by atoms with Gasteiger partial charge in [-0.3, -0.25) is 14.5 Å². The zero-order chi connectivity index (χ0) is 24.4. The van der Waals surface area contributed by atoms with Crippen LogP contribution in [0.4, 0.5) is 0 Å². The third-order valence-corrected chi connectivity index (χ3v) is 8.46. The fourth-order valence-corrected chi connectivity index (χ4v) is 6.34. The van der Waals surface area contributed by atoms with Crippen LogP contribution >= 0.6 is 46.7 Å². The first-order valence-electron chi connectivity index (χ1n) is 10.2. The van der Waals surface area contributed by atoms with E-state index in [9.17, 15) is 19.5 Å². The smallest absolute Gasteiger partial charge is 0.352 e. The Morgan fingerprint density at radius 3 is 2.68 bits per heavy atom. The van der Waals surface area contributed by atoms with Gasteiger partial charge in [-0.15, -0.1) is 23.5 Å². The predicted molar refractivity (Wildman–Crippen MR) is 131 cm³/mol. The van der Waals surface area contributed by atoms with Crippen molar-refractivity contribution in [1.29, 1.82) is 0 Å². The van der Waals surface area contributed by atoms with E-state index in [1.165, 1.54) is 28.4 Å². The lowest BCUT2D eigenvalue weighted by Gasteiger charge is -2.49. The van der Waals surface area contributed by atoms with Crippen molar-refractivity contribution in [2.24, 2.45) is 5.73 Å². The van der Waals surface area contributed by atoms with Gasteiger partial charge < -0.3 is 16.2 Å². The number of nitrogens with one attached hydrogen (secondary N) is 1. The Balaban J connectivity index is 1.42. The van der Waals surface area contributed by atoms with Gasteiger partial charge in [0.05, 0.1) is 10.8 Å². The molecule has 1 fully saturated rings. The van der Waals surface area contributed by atoms with Crippen molar-refractivity contribution in [3.63, 3.8) is 0 Å². The van der Waals surface area contributed by atoms with E-state index in [2.05, 4.69) is 5.32 Å². The number of fused-ring (bicyclic) bond motifs is 1. The molecule has 0 spiro atoms. The lowest BCUT2D eigenvalue weighted by atomic mass is 10.0. The number of carbonyl (C=O) groups excluding carboxylic acids is 2. The second kappa shape index (κ2) is 10.6. The van der Waals surface area contributed by atoms with Gasteiger partial charge in [0.15, 0.2) is 18.9 Å². The van der Waals surface area contributed by atoms with E-state index in [4.69, 9.17) is 28.9 Å². The number of carboxylic acid groups (broad SMARTS) is 1. The van der Waals surface area contributed by atoms with E-state index in [0.717, 1.165) is 5.56 Å². The summed E-state index contributed by atoms with van der Waals surface area (Å²) in [5, 5.41) is 13.1. The van der Waals surface area contributed by atoms with Gasteiger partial charge in [0.2, 0.25) is 5.91 Å². The van der Waals surface area contributed by atoms with Gasteiger partial charge in [0.25, 0.3) is 5.91 Å². The first kappa shape index (κ1) is 24.9. The van der Waals surface area contributed by atoms with Gasteiger partial charge in [0, 0.05) is 39.9 Å². The molecule has 0 radical (unpaired) electrons. The number of nitrogens with zero attached hydrogens (tertiary/aromatic N) is 2. The fourth-order valence-electron chi connectivity index (χ4n) is 3.70. The summed E-state index contributed by atoms with van der Waals surface area (Å²) in [4.78, 5) is 39.3. The summed E-state index contributed by atoms with van der Waals surface area (Å²) >= 11 is 14.7. The predicted octanol–water partition coefficient (Wildman–Crippen LogP) is 2.27. The maximum atomic E-state index is 12.8. The van der Waals surface area contributed by atoms with Crippen molar-refractivity contribution < 1.29 is 24.1 Å². The molecule has 2 aliphatic rings. The third kappa shape index (κ3) is 5.21. The number of halogens is 2. The molecule has 0 unspecified atom stereocenters. The second-order valence-corrected chi connectivity index (χ2v) is 10.6. The highest BCUT2D eigenvalue weighted by atomic mass is 35.5. The molecule has 1 saturated heterocycles. The summed E-state index contributed by atoms with van der Waals surface area (Å²) in [5.41, 5.74) is 7.20. The number of rotatable bonds is 8. The molecular weight excluding hydrogens is 519 g/mol. The molecule has 0 aliphatic carbocycles. The van der Waals surface area contributed by atoms with Crippen molar-refractivity contribution in [3.8, 4) is 0 Å². The van der Waals surface area contributed by atoms with E-state index in [-0.39, 0.29) is 17.4 Å². The molecule has 34 heavy (non-hydrogen) atoms. The maximum Gasteiger partial charge on any atom is 0.352 e. The highest BCUT2D eigenvalue weighted by Gasteiger charge is 2.54. The van der Waals surface area contributed by atoms with Gasteiger partial charge in [-0.25, -0.2) is 9.36 Å². The SMILES string of the molecule is NCc1cc[n+](CC2=C(C(=O)O)N3C(=O)[C@@H](NC(=O)CSc4cc(Cl)ccc4Cl)[C@H]3SC2)cc1. The molecule has 4 N–H and O–H groups in total. The van der Waals surface area contributed by atoms with Crippen LogP contribution in [-0.4, -0.2) is 50.7 Å². The molecule has 3 heterocycles. The Morgan fingerprint density at radius 2 is 2.00 bits per heavy atom. The summed E-state index contributed by atoms with van der Waals surface area (Å²) < 4.78 is 1.85. The van der Waals surface area contributed by atoms with E-state index < -0.39 is 23.3 Å². The summed E-state index contributed by atoms with van der Waals surface area (Å²) in [6.07, 6.45) is 3.66. The third-order valence-electron chi connectivity index (χ3n) is 5.39. The standard InChI is InChI=1S/C22H20Cl2N4O4S2/c23-14-1-2-15(24)16(7-14)33-11-17(29)26-18-20(30)28-19(22(31)32)13(10-34-21(18)28)9-27-5-3-12(8-25)4-6-27/h1-7,18,21H,8-11,25H2,(H-,26,29,31,32)/p+1/t18-,21-/m1/s1. The average molecular weight is 540 g/mol. The van der Waals surface area contributed by atoms with Crippen molar-refractivity contribution >= 4 is 64.5 Å². The molecule has 178 valence electrons. The second-order valence-electron chi connectivity index (χ2n) is 7.66. The van der Waals surface area contributed by atoms with Crippen LogP contribution in [0.5, 0.6) is 0 Å². The molecule has 2 amide bonds. The van der Waals surface area contributed by atoms with Crippen molar-refractivity contribution in [3.05, 3.63) is 69.6 Å². The molecule has 2 aliphatic heterocycles. The summed E-state index contributed by atoms with van der Waals surface area (Å²) in [6.45, 7) is 0.755. The van der Waals surface area contributed by atoms with Crippen LogP contribution < -0.4 is 15.6 Å². The fraction of sp³-hybridized carbons (Fsp3) is 0.273. The molecule has 1 aromatic heterocycles. The number of β-lactam (4-membered cyclic amide) rings is 1. The minimum Gasteiger partial charge on any atom is -0.477 e. The van der Waals surface area contributed by atoms with Crippen molar-refractivity contribution in [1.82, 2.24) is 10.2 Å². The normalized spacial score (nSPS) is 19.5. The minimum atomic E-state index is -1.16. The number of hydrogen-bond acceptors (Lipinski definition) is 6. The summed E-state index contributed by atoms with van der Waals surface area (Å²) in [5.74, 6) is -1.47. The monoisotopic (exact) mass is 539 g/mol. The maximum absolute atomic E-state index is 12.8. The quantitative estimate of drug-likeness (QED) is 0.267. The Kier molecular flexibility index (Phi) is 7.73. The molecule has 0 saturated carbocycles. The Bertz CT molecular complexity index is 1180. The van der Waals surface area contributed by atoms with Gasteiger partial charge >= 0.3 is 5.97 Å². The highest BCUT2D eigenvalue weighted by Crippen LogP contribution is 2.40. The number of hydrogen-bond donors (Lipinski definition) is 3. The summed E-state index contributed by atoms with van der Waals surface area (Å²) in [7, 11) is 0. The number of aliphatic carboxylic acids is 1. The Labute approximate surface area is 214 Å². The zero-order valence-corrected chi connectivity index (χ0v) is 20.9. The van der Waals surface area contributed by atoms with Crippen LogP contribution in [0.2, 0.25) is 10.0 Å². The van der Waals surface area contributed by atoms with Crippen molar-refractivity contribution in [2.75, 3.05) is 11.5 Å². The van der Waals surface area contributed by atoms with Gasteiger partial charge in [-0.1, -0.05) is 23.2 Å². The largest absolute Gasteiger partial charge is 0.477 e. The minimum absolute atomic E-state index is 0.0188. The van der Waals surface area contributed by atoms with Crippen LogP contribution in [0.25, 0.3) is 0 Å². The number of amides is 2. The molecule has 4 rings (SSSR count). The van der Waals surface area contributed by atoms with E-state index in [1.54, 1.807) is 18.2 Å². The number of carbonyl (C=O) groups is 3. The lowest BCUT2D eigenvalue weighted by molar-refractivity contribution is -0.689. The summed E-state index contributed by atoms with van der Waals surface area (Å²) in [6, 6.07) is 7.94. The molecule has 2 aromatic rings. The molecule has 8 nitrogen and oxygen atoms in total. The van der Waals surface area contributed by atoms with Crippen LogP contribution in [0.3, 0.4) is 0 Å². The van der Waals surface area contributed by atoms with Gasteiger partial charge in [0.1, 0.15) is 17.1 Å². The Morgan fingerprint density at radius 1 is 1.26 bits per heavy atom. The molecular formula is C22H21Cl2N4O4S2+. The zero-order valence-electron chi connectivity index (χ0n) is 17.7. The number of carboxylic acids is 1. The molecule has 0 bridgehead atoms. The van der Waals surface area contributed by atoms with Gasteiger partial charge in [-0.05, 0) is 23.8 Å². The highest BCUT2D eigenvalue weighted by molar-refractivity contribution is 8.00. The topological polar surface area (TPSA) is 117 Å². The molecule has 1 aromatic carbocycles. The van der Waals surface area contributed by atoms with Gasteiger partial charge in [-0.2, -0.15) is 0 Å². The number of benzene rings is 1. The van der Waals surface area contributed by atoms with Crippen LogP contribution in [-0.2, 0) is 27.5 Å².